The molecule has 1 aromatic carbocycles. The fourth-order valence-corrected chi connectivity index (χ4v) is 2.91. The van der Waals surface area contributed by atoms with E-state index < -0.39 is 30.3 Å². The van der Waals surface area contributed by atoms with Crippen LogP contribution in [0.25, 0.3) is 11.4 Å². The van der Waals surface area contributed by atoms with Crippen molar-refractivity contribution in [1.82, 2.24) is 15.5 Å². The lowest BCUT2D eigenvalue weighted by atomic mass is 9.92. The number of hydrogen-bond donors (Lipinski definition) is 1. The highest BCUT2D eigenvalue weighted by Crippen LogP contribution is 2.32. The first-order valence-electron chi connectivity index (χ1n) is 9.21. The van der Waals surface area contributed by atoms with Crippen molar-refractivity contribution >= 4 is 17.5 Å². The minimum atomic E-state index is -4.67. The van der Waals surface area contributed by atoms with Crippen molar-refractivity contribution in [2.24, 2.45) is 0 Å². The van der Waals surface area contributed by atoms with E-state index >= 15 is 0 Å². The molecule has 0 bridgehead atoms. The third kappa shape index (κ3) is 7.01. The second-order valence-corrected chi connectivity index (χ2v) is 7.29. The molecule has 1 aliphatic rings. The Morgan fingerprint density at radius 1 is 1.32 bits per heavy atom. The number of nitrogens with one attached hydrogen (secondary N) is 1. The van der Waals surface area contributed by atoms with Crippen LogP contribution in [0.4, 0.5) is 17.6 Å². The van der Waals surface area contributed by atoms with Crippen molar-refractivity contribution in [1.29, 1.82) is 0 Å². The van der Waals surface area contributed by atoms with E-state index in [1.807, 2.05) is 0 Å². The summed E-state index contributed by atoms with van der Waals surface area (Å²) in [5.41, 5.74) is 0.776. The Balaban J connectivity index is 1.35. The Morgan fingerprint density at radius 2 is 2.06 bits per heavy atom. The highest BCUT2D eigenvalue weighted by Gasteiger charge is 2.40. The standard InChI is InChI=1S/C19H18ClF4N3O4/c1-10(25-16(28)9-29-12-7-13(8-12)30-19(22,23)24)2-5-17-26-18(27-31-17)11-3-4-14(20)15(21)6-11/h3-4,6,12-13H,1-2,5,7-9H2,(H,25,28)/t12-,13+. The smallest absolute Gasteiger partial charge is 0.368 e. The quantitative estimate of drug-likeness (QED) is 0.562. The summed E-state index contributed by atoms with van der Waals surface area (Å²) < 4.78 is 63.9. The predicted octanol–water partition coefficient (Wildman–Crippen LogP) is 4.18. The zero-order valence-corrected chi connectivity index (χ0v) is 16.8. The van der Waals surface area contributed by atoms with E-state index in [1.54, 1.807) is 6.07 Å². The molecule has 1 aliphatic carbocycles. The van der Waals surface area contributed by atoms with E-state index in [-0.39, 0.29) is 42.6 Å². The molecule has 0 radical (unpaired) electrons. The average Bonchev–Trinajstić information content (AvgIpc) is 3.12. The van der Waals surface area contributed by atoms with Crippen molar-refractivity contribution in [2.75, 3.05) is 6.61 Å². The number of halogens is 5. The molecular formula is C19H18ClF4N3O4. The molecule has 31 heavy (non-hydrogen) atoms. The monoisotopic (exact) mass is 463 g/mol. The Kier molecular flexibility index (Phi) is 7.29. The maximum absolute atomic E-state index is 13.5. The first-order valence-corrected chi connectivity index (χ1v) is 9.58. The topological polar surface area (TPSA) is 86.5 Å². The van der Waals surface area contributed by atoms with E-state index in [1.165, 1.54) is 12.1 Å². The molecule has 0 atom stereocenters. The molecule has 0 aliphatic heterocycles. The van der Waals surface area contributed by atoms with Gasteiger partial charge in [0.05, 0.1) is 17.2 Å². The summed E-state index contributed by atoms with van der Waals surface area (Å²) in [5, 5.41) is 6.29. The lowest BCUT2D eigenvalue weighted by Gasteiger charge is -2.34. The second kappa shape index (κ2) is 9.75. The van der Waals surface area contributed by atoms with Crippen molar-refractivity contribution in [3.05, 3.63) is 47.2 Å². The molecular weight excluding hydrogens is 446 g/mol. The molecule has 1 fully saturated rings. The number of alkyl halides is 3. The molecule has 1 heterocycles. The van der Waals surface area contributed by atoms with Gasteiger partial charge in [0.1, 0.15) is 12.4 Å². The SMILES string of the molecule is C=C(CCc1nc(-c2ccc(Cl)c(F)c2)no1)NC(=O)CO[C@H]1C[C@@H](OC(F)(F)F)C1. The van der Waals surface area contributed by atoms with Crippen LogP contribution in [0.1, 0.15) is 25.2 Å². The van der Waals surface area contributed by atoms with E-state index in [0.29, 0.717) is 17.7 Å². The maximum atomic E-state index is 13.5. The van der Waals surface area contributed by atoms with Gasteiger partial charge in [-0.05, 0) is 24.6 Å². The van der Waals surface area contributed by atoms with E-state index in [9.17, 15) is 22.4 Å². The summed E-state index contributed by atoms with van der Waals surface area (Å²) >= 11 is 5.64. The number of amides is 1. The molecule has 1 saturated carbocycles. The third-order valence-corrected chi connectivity index (χ3v) is 4.71. The summed E-state index contributed by atoms with van der Waals surface area (Å²) in [4.78, 5) is 16.0. The normalized spacial score (nSPS) is 18.5. The van der Waals surface area contributed by atoms with E-state index in [4.69, 9.17) is 20.9 Å². The van der Waals surface area contributed by atoms with Gasteiger partial charge in [0.2, 0.25) is 17.6 Å². The van der Waals surface area contributed by atoms with E-state index in [2.05, 4.69) is 26.8 Å². The van der Waals surface area contributed by atoms with Gasteiger partial charge in [0.15, 0.2) is 0 Å². The number of carbonyl (C=O) groups excluding carboxylic acids is 1. The van der Waals surface area contributed by atoms with Crippen LogP contribution in [-0.2, 0) is 20.7 Å². The maximum Gasteiger partial charge on any atom is 0.522 e. The molecule has 0 saturated heterocycles. The highest BCUT2D eigenvalue weighted by molar-refractivity contribution is 6.30. The molecule has 2 aromatic rings. The Labute approximate surface area is 179 Å². The van der Waals surface area contributed by atoms with Gasteiger partial charge in [-0.25, -0.2) is 4.39 Å². The summed E-state index contributed by atoms with van der Waals surface area (Å²) in [7, 11) is 0. The van der Waals surface area contributed by atoms with Gasteiger partial charge >= 0.3 is 6.36 Å². The Morgan fingerprint density at radius 3 is 2.74 bits per heavy atom. The number of aryl methyl sites for hydroxylation is 1. The summed E-state index contributed by atoms with van der Waals surface area (Å²) in [6, 6.07) is 4.13. The van der Waals surface area contributed by atoms with Crippen LogP contribution >= 0.6 is 11.6 Å². The van der Waals surface area contributed by atoms with Crippen molar-refractivity contribution in [3.8, 4) is 11.4 Å². The average molecular weight is 464 g/mol. The van der Waals surface area contributed by atoms with Crippen LogP contribution in [0.2, 0.25) is 5.02 Å². The van der Waals surface area contributed by atoms with Gasteiger partial charge in [0, 0.05) is 30.5 Å². The summed E-state index contributed by atoms with van der Waals surface area (Å²) in [6.07, 6.45) is -5.34. The second-order valence-electron chi connectivity index (χ2n) is 6.88. The molecule has 3 rings (SSSR count). The van der Waals surface area contributed by atoms with Crippen LogP contribution in [0, 0.1) is 5.82 Å². The molecule has 1 amide bonds. The summed E-state index contributed by atoms with van der Waals surface area (Å²) in [5.74, 6) is -0.619. The van der Waals surface area contributed by atoms with Crippen molar-refractivity contribution in [2.45, 2.75) is 44.3 Å². The van der Waals surface area contributed by atoms with Crippen molar-refractivity contribution in [3.63, 3.8) is 0 Å². The van der Waals surface area contributed by atoms with Gasteiger partial charge in [-0.1, -0.05) is 23.3 Å². The van der Waals surface area contributed by atoms with Crippen LogP contribution in [0.3, 0.4) is 0 Å². The lowest BCUT2D eigenvalue weighted by Crippen LogP contribution is -2.42. The van der Waals surface area contributed by atoms with Crippen LogP contribution in [-0.4, -0.2) is 41.2 Å². The largest absolute Gasteiger partial charge is 0.522 e. The number of ether oxygens (including phenoxy) is 2. The number of carbonyl (C=O) groups is 1. The van der Waals surface area contributed by atoms with Gasteiger partial charge in [0.25, 0.3) is 0 Å². The molecule has 12 heteroatoms. The lowest BCUT2D eigenvalue weighted by molar-refractivity contribution is -0.357. The predicted molar refractivity (Wildman–Crippen MR) is 100 cm³/mol. The first-order chi connectivity index (χ1) is 14.6. The van der Waals surface area contributed by atoms with Gasteiger partial charge in [-0.15, -0.1) is 13.2 Å². The molecule has 1 N–H and O–H groups in total. The van der Waals surface area contributed by atoms with Crippen LogP contribution < -0.4 is 5.32 Å². The number of rotatable bonds is 9. The molecule has 0 spiro atoms. The van der Waals surface area contributed by atoms with Gasteiger partial charge < -0.3 is 14.6 Å². The zero-order chi connectivity index (χ0) is 22.6. The molecule has 168 valence electrons. The van der Waals surface area contributed by atoms with Crippen LogP contribution in [0.5, 0.6) is 0 Å². The fourth-order valence-electron chi connectivity index (χ4n) is 2.79. The highest BCUT2D eigenvalue weighted by atomic mass is 35.5. The van der Waals surface area contributed by atoms with Crippen molar-refractivity contribution < 1.29 is 36.4 Å². The molecule has 1 aromatic heterocycles. The number of benzene rings is 1. The number of nitrogens with zero attached hydrogens (tertiary/aromatic N) is 2. The zero-order valence-electron chi connectivity index (χ0n) is 16.0. The third-order valence-electron chi connectivity index (χ3n) is 4.40. The number of hydrogen-bond acceptors (Lipinski definition) is 6. The number of aromatic nitrogens is 2. The Bertz CT molecular complexity index is 944. The van der Waals surface area contributed by atoms with Gasteiger partial charge in [-0.2, -0.15) is 4.98 Å². The fraction of sp³-hybridized carbons (Fsp3) is 0.421. The minimum absolute atomic E-state index is 0.0183. The Hall–Kier alpha value is -2.50. The summed E-state index contributed by atoms with van der Waals surface area (Å²) in [6.45, 7) is 3.41. The molecule has 7 nitrogen and oxygen atoms in total. The van der Waals surface area contributed by atoms with E-state index in [0.717, 1.165) is 0 Å². The first kappa shape index (κ1) is 23.2. The van der Waals surface area contributed by atoms with Gasteiger partial charge in [-0.3, -0.25) is 9.53 Å². The van der Waals surface area contributed by atoms with Crippen LogP contribution in [0.15, 0.2) is 35.0 Å². The number of allylic oxidation sites excluding steroid dienone is 1. The molecule has 0 unspecified atom stereocenters. The minimum Gasteiger partial charge on any atom is -0.368 e.